The Labute approximate surface area is 144 Å². The highest BCUT2D eigenvalue weighted by Crippen LogP contribution is 2.08. The van der Waals surface area contributed by atoms with Crippen LogP contribution in [-0.4, -0.2) is 31.1 Å². The highest BCUT2D eigenvalue weighted by atomic mass is 16.5. The maximum absolute atomic E-state index is 11.7. The SMILES string of the molecule is COC(=O)c1ccc(/C=N\NC(=O)C(=O)Nc2ccc(C)cc2)cc1. The van der Waals surface area contributed by atoms with Crippen molar-refractivity contribution in [3.63, 3.8) is 0 Å². The summed E-state index contributed by atoms with van der Waals surface area (Å²) in [5, 5.41) is 6.18. The number of hydrogen-bond donors (Lipinski definition) is 2. The molecule has 0 atom stereocenters. The van der Waals surface area contributed by atoms with Crippen LogP contribution in [0.15, 0.2) is 53.6 Å². The monoisotopic (exact) mass is 339 g/mol. The van der Waals surface area contributed by atoms with E-state index in [0.29, 0.717) is 16.8 Å². The number of amides is 2. The Hall–Kier alpha value is -3.48. The first kappa shape index (κ1) is 17.9. The number of hydrazone groups is 1. The molecule has 2 aromatic carbocycles. The quantitative estimate of drug-likeness (QED) is 0.385. The third-order valence-electron chi connectivity index (χ3n) is 3.23. The van der Waals surface area contributed by atoms with Crippen molar-refractivity contribution in [1.82, 2.24) is 5.43 Å². The van der Waals surface area contributed by atoms with E-state index in [0.717, 1.165) is 5.56 Å². The van der Waals surface area contributed by atoms with Crippen molar-refractivity contribution >= 4 is 29.7 Å². The standard InChI is InChI=1S/C18H17N3O4/c1-12-3-9-15(10-4-12)20-16(22)17(23)21-19-11-13-5-7-14(8-6-13)18(24)25-2/h3-11H,1-2H3,(H,20,22)(H,21,23)/b19-11-. The normalized spacial score (nSPS) is 10.3. The molecule has 7 heteroatoms. The Bertz CT molecular complexity index is 796. The molecular formula is C18H17N3O4. The van der Waals surface area contributed by atoms with E-state index < -0.39 is 17.8 Å². The van der Waals surface area contributed by atoms with Crippen LogP contribution in [0.25, 0.3) is 0 Å². The second-order valence-corrected chi connectivity index (χ2v) is 5.13. The minimum absolute atomic E-state index is 0.404. The molecule has 0 saturated heterocycles. The van der Waals surface area contributed by atoms with Gasteiger partial charge in [0.2, 0.25) is 0 Å². The number of hydrogen-bond acceptors (Lipinski definition) is 5. The highest BCUT2D eigenvalue weighted by Gasteiger charge is 2.12. The fourth-order valence-corrected chi connectivity index (χ4v) is 1.86. The first-order valence-corrected chi connectivity index (χ1v) is 7.39. The smallest absolute Gasteiger partial charge is 0.337 e. The minimum atomic E-state index is -0.886. The molecule has 2 rings (SSSR count). The van der Waals surface area contributed by atoms with E-state index in [1.807, 2.05) is 19.1 Å². The lowest BCUT2D eigenvalue weighted by molar-refractivity contribution is -0.136. The molecule has 2 amide bonds. The third-order valence-corrected chi connectivity index (χ3v) is 3.23. The van der Waals surface area contributed by atoms with E-state index in [2.05, 4.69) is 20.6 Å². The van der Waals surface area contributed by atoms with Gasteiger partial charge in [0.05, 0.1) is 18.9 Å². The maximum Gasteiger partial charge on any atom is 0.337 e. The number of nitrogens with one attached hydrogen (secondary N) is 2. The van der Waals surface area contributed by atoms with E-state index in [9.17, 15) is 14.4 Å². The van der Waals surface area contributed by atoms with Gasteiger partial charge in [-0.05, 0) is 36.8 Å². The molecule has 0 heterocycles. The van der Waals surface area contributed by atoms with E-state index in [-0.39, 0.29) is 0 Å². The number of rotatable bonds is 4. The van der Waals surface area contributed by atoms with Crippen LogP contribution >= 0.6 is 0 Å². The molecule has 0 radical (unpaired) electrons. The van der Waals surface area contributed by atoms with Crippen LogP contribution in [0, 0.1) is 6.92 Å². The van der Waals surface area contributed by atoms with Crippen LogP contribution in [0.2, 0.25) is 0 Å². The molecule has 0 aliphatic carbocycles. The lowest BCUT2D eigenvalue weighted by Crippen LogP contribution is -2.32. The third kappa shape index (κ3) is 5.28. The number of anilines is 1. The molecule has 0 unspecified atom stereocenters. The molecule has 25 heavy (non-hydrogen) atoms. The predicted octanol–water partition coefficient (Wildman–Crippen LogP) is 1.87. The largest absolute Gasteiger partial charge is 0.465 e. The van der Waals surface area contributed by atoms with Crippen LogP contribution in [0.1, 0.15) is 21.5 Å². The second kappa shape index (κ2) is 8.39. The Morgan fingerprint density at radius 3 is 2.20 bits per heavy atom. The van der Waals surface area contributed by atoms with Gasteiger partial charge in [0.15, 0.2) is 0 Å². The van der Waals surface area contributed by atoms with Crippen molar-refractivity contribution in [1.29, 1.82) is 0 Å². The lowest BCUT2D eigenvalue weighted by Gasteiger charge is -2.04. The van der Waals surface area contributed by atoms with Gasteiger partial charge in [-0.15, -0.1) is 0 Å². The van der Waals surface area contributed by atoms with Gasteiger partial charge in [-0.2, -0.15) is 5.10 Å². The highest BCUT2D eigenvalue weighted by molar-refractivity contribution is 6.39. The van der Waals surface area contributed by atoms with Gasteiger partial charge in [-0.3, -0.25) is 9.59 Å². The Morgan fingerprint density at radius 1 is 0.960 bits per heavy atom. The first-order valence-electron chi connectivity index (χ1n) is 7.39. The van der Waals surface area contributed by atoms with Crippen LogP contribution in [0.3, 0.4) is 0 Å². The van der Waals surface area contributed by atoms with E-state index in [1.54, 1.807) is 36.4 Å². The Kier molecular flexibility index (Phi) is 6.00. The topological polar surface area (TPSA) is 96.9 Å². The molecule has 0 bridgehead atoms. The van der Waals surface area contributed by atoms with Crippen molar-refractivity contribution in [2.75, 3.05) is 12.4 Å². The van der Waals surface area contributed by atoms with Crippen molar-refractivity contribution in [3.05, 3.63) is 65.2 Å². The minimum Gasteiger partial charge on any atom is -0.465 e. The fourth-order valence-electron chi connectivity index (χ4n) is 1.86. The summed E-state index contributed by atoms with van der Waals surface area (Å²) < 4.78 is 4.60. The molecule has 7 nitrogen and oxygen atoms in total. The molecule has 0 spiro atoms. The van der Waals surface area contributed by atoms with Gasteiger partial charge in [0.25, 0.3) is 0 Å². The number of methoxy groups -OCH3 is 1. The zero-order valence-electron chi connectivity index (χ0n) is 13.8. The summed E-state index contributed by atoms with van der Waals surface area (Å²) in [6, 6.07) is 13.5. The van der Waals surface area contributed by atoms with Crippen LogP contribution < -0.4 is 10.7 Å². The number of benzene rings is 2. The number of esters is 1. The molecule has 0 aromatic heterocycles. The summed E-state index contributed by atoms with van der Waals surface area (Å²) in [7, 11) is 1.30. The van der Waals surface area contributed by atoms with Crippen molar-refractivity contribution in [3.8, 4) is 0 Å². The summed E-state index contributed by atoms with van der Waals surface area (Å²) in [5.41, 5.74) is 4.76. The lowest BCUT2D eigenvalue weighted by atomic mass is 10.1. The summed E-state index contributed by atoms with van der Waals surface area (Å²) in [5.74, 6) is -2.14. The number of ether oxygens (including phenoxy) is 1. The molecular weight excluding hydrogens is 322 g/mol. The zero-order chi connectivity index (χ0) is 18.2. The molecule has 0 aliphatic rings. The number of carbonyl (C=O) groups excluding carboxylic acids is 3. The number of aryl methyl sites for hydroxylation is 1. The van der Waals surface area contributed by atoms with E-state index >= 15 is 0 Å². The van der Waals surface area contributed by atoms with E-state index in [4.69, 9.17) is 0 Å². The molecule has 2 aromatic rings. The second-order valence-electron chi connectivity index (χ2n) is 5.13. The summed E-state index contributed by atoms with van der Waals surface area (Å²) in [6.07, 6.45) is 1.36. The number of carbonyl (C=O) groups is 3. The van der Waals surface area contributed by atoms with Gasteiger partial charge in [-0.1, -0.05) is 29.8 Å². The van der Waals surface area contributed by atoms with Gasteiger partial charge in [0, 0.05) is 5.69 Å². The number of nitrogens with zero attached hydrogens (tertiary/aromatic N) is 1. The molecule has 0 fully saturated rings. The molecule has 2 N–H and O–H groups in total. The first-order chi connectivity index (χ1) is 12.0. The maximum atomic E-state index is 11.7. The van der Waals surface area contributed by atoms with Gasteiger partial charge >= 0.3 is 17.8 Å². The Balaban J connectivity index is 1.88. The summed E-state index contributed by atoms with van der Waals surface area (Å²) in [4.78, 5) is 34.7. The van der Waals surface area contributed by atoms with Gasteiger partial charge in [-0.25, -0.2) is 10.2 Å². The Morgan fingerprint density at radius 2 is 1.60 bits per heavy atom. The van der Waals surface area contributed by atoms with Crippen molar-refractivity contribution < 1.29 is 19.1 Å². The molecule has 0 saturated carbocycles. The summed E-state index contributed by atoms with van der Waals surface area (Å²) in [6.45, 7) is 1.92. The average molecular weight is 339 g/mol. The predicted molar refractivity (Wildman–Crippen MR) is 93.3 cm³/mol. The van der Waals surface area contributed by atoms with Gasteiger partial charge < -0.3 is 10.1 Å². The van der Waals surface area contributed by atoms with E-state index in [1.165, 1.54) is 13.3 Å². The molecule has 0 aliphatic heterocycles. The van der Waals surface area contributed by atoms with Crippen molar-refractivity contribution in [2.45, 2.75) is 6.92 Å². The molecule has 128 valence electrons. The van der Waals surface area contributed by atoms with Crippen LogP contribution in [-0.2, 0) is 14.3 Å². The summed E-state index contributed by atoms with van der Waals surface area (Å²) >= 11 is 0. The average Bonchev–Trinajstić information content (AvgIpc) is 2.63. The van der Waals surface area contributed by atoms with Crippen LogP contribution in [0.5, 0.6) is 0 Å². The zero-order valence-corrected chi connectivity index (χ0v) is 13.8. The fraction of sp³-hybridized carbons (Fsp3) is 0.111. The van der Waals surface area contributed by atoms with Crippen LogP contribution in [0.4, 0.5) is 5.69 Å². The van der Waals surface area contributed by atoms with Gasteiger partial charge in [0.1, 0.15) is 0 Å². The van der Waals surface area contributed by atoms with Crippen molar-refractivity contribution in [2.24, 2.45) is 5.10 Å².